The molecule has 0 saturated carbocycles. The molecule has 2 aromatic heterocycles. The highest BCUT2D eigenvalue weighted by Gasteiger charge is 2.31. The Balaban J connectivity index is 1.43. The van der Waals surface area contributed by atoms with Crippen LogP contribution in [0, 0.1) is 0 Å². The van der Waals surface area contributed by atoms with Gasteiger partial charge in [0.1, 0.15) is 0 Å². The highest BCUT2D eigenvalue weighted by Crippen LogP contribution is 2.59. The molecule has 0 N–H and O–H groups in total. The van der Waals surface area contributed by atoms with E-state index in [0.29, 0.717) is 0 Å². The van der Waals surface area contributed by atoms with Gasteiger partial charge in [0.15, 0.2) is 0 Å². The van der Waals surface area contributed by atoms with Crippen molar-refractivity contribution in [3.63, 3.8) is 0 Å². The van der Waals surface area contributed by atoms with E-state index in [-0.39, 0.29) is 0 Å². The zero-order valence-electron chi connectivity index (χ0n) is 24.4. The van der Waals surface area contributed by atoms with E-state index in [9.17, 15) is 0 Å². The molecule has 210 valence electrons. The molecular weight excluding hydrogens is 546 g/mol. The number of hydrogen-bond acceptors (Lipinski definition) is 3. The summed E-state index contributed by atoms with van der Waals surface area (Å²) < 4.78 is 0. The standard InChI is InChI=1S/C42H27N3/c1-3-11-28(12-4-1)38-32-16-7-8-17-33(32)39(29-13-5-2-6-14-29)42-36-20-21-37(34-18-9-19-35(40(34)36)41(38)42)45(30-22-25-43-26-23-30)31-15-10-24-44-27-31/h1-27H. The first kappa shape index (κ1) is 25.4. The lowest BCUT2D eigenvalue weighted by Gasteiger charge is -2.26. The van der Waals surface area contributed by atoms with Crippen LogP contribution < -0.4 is 4.90 Å². The fourth-order valence-electron chi connectivity index (χ4n) is 7.20. The molecule has 6 aromatic carbocycles. The zero-order chi connectivity index (χ0) is 29.7. The third-order valence-electron chi connectivity index (χ3n) is 8.96. The molecule has 8 aromatic rings. The minimum absolute atomic E-state index is 1.00. The average molecular weight is 574 g/mol. The maximum absolute atomic E-state index is 4.48. The van der Waals surface area contributed by atoms with Crippen LogP contribution in [0.5, 0.6) is 0 Å². The van der Waals surface area contributed by atoms with Crippen LogP contribution in [0.25, 0.3) is 66.1 Å². The van der Waals surface area contributed by atoms with E-state index >= 15 is 0 Å². The quantitative estimate of drug-likeness (QED) is 0.205. The van der Waals surface area contributed by atoms with Crippen molar-refractivity contribution >= 4 is 38.6 Å². The maximum atomic E-state index is 4.48. The van der Waals surface area contributed by atoms with Crippen molar-refractivity contribution in [1.29, 1.82) is 0 Å². The Labute approximate surface area is 261 Å². The molecule has 2 heterocycles. The normalized spacial score (nSPS) is 11.6. The third kappa shape index (κ3) is 3.91. The van der Waals surface area contributed by atoms with E-state index < -0.39 is 0 Å². The summed E-state index contributed by atoms with van der Waals surface area (Å²) >= 11 is 0. The second-order valence-corrected chi connectivity index (χ2v) is 11.4. The first-order valence-electron chi connectivity index (χ1n) is 15.2. The Morgan fingerprint density at radius 1 is 0.378 bits per heavy atom. The molecule has 0 atom stereocenters. The predicted octanol–water partition coefficient (Wildman–Crippen LogP) is 11.2. The van der Waals surface area contributed by atoms with Crippen molar-refractivity contribution in [1.82, 2.24) is 9.97 Å². The van der Waals surface area contributed by atoms with Crippen LogP contribution in [-0.2, 0) is 0 Å². The average Bonchev–Trinajstić information content (AvgIpc) is 3.45. The SMILES string of the molecule is c1ccc(-c2c3c(c(-c4ccccc4)c4ccccc24)-c2ccc(N(c4ccncc4)c4cccnc4)c4cccc-3c24)cc1. The van der Waals surface area contributed by atoms with Crippen LogP contribution in [0.4, 0.5) is 17.1 Å². The molecule has 1 aliphatic rings. The molecule has 0 saturated heterocycles. The molecule has 0 fully saturated rings. The topological polar surface area (TPSA) is 29.0 Å². The number of pyridine rings is 2. The third-order valence-corrected chi connectivity index (χ3v) is 8.96. The van der Waals surface area contributed by atoms with Gasteiger partial charge >= 0.3 is 0 Å². The summed E-state index contributed by atoms with van der Waals surface area (Å²) in [6.45, 7) is 0. The summed E-state index contributed by atoms with van der Waals surface area (Å²) in [6, 6.07) is 50.2. The Morgan fingerprint density at radius 2 is 0.978 bits per heavy atom. The number of benzene rings is 6. The van der Waals surface area contributed by atoms with Gasteiger partial charge in [-0.05, 0) is 91.0 Å². The molecule has 0 amide bonds. The molecule has 0 unspecified atom stereocenters. The van der Waals surface area contributed by atoms with Gasteiger partial charge in [-0.25, -0.2) is 0 Å². The van der Waals surface area contributed by atoms with Crippen LogP contribution in [0.15, 0.2) is 164 Å². The predicted molar refractivity (Wildman–Crippen MR) is 187 cm³/mol. The Hall–Kier alpha value is -6.06. The molecular formula is C42H27N3. The van der Waals surface area contributed by atoms with Crippen molar-refractivity contribution < 1.29 is 0 Å². The van der Waals surface area contributed by atoms with Gasteiger partial charge < -0.3 is 4.90 Å². The maximum Gasteiger partial charge on any atom is 0.0645 e. The highest BCUT2D eigenvalue weighted by molar-refractivity contribution is 6.29. The first-order valence-corrected chi connectivity index (χ1v) is 15.2. The first-order chi connectivity index (χ1) is 22.4. The van der Waals surface area contributed by atoms with Gasteiger partial charge in [-0.3, -0.25) is 9.97 Å². The molecule has 45 heavy (non-hydrogen) atoms. The molecule has 3 heteroatoms. The van der Waals surface area contributed by atoms with Crippen molar-refractivity contribution in [2.75, 3.05) is 4.90 Å². The largest absolute Gasteiger partial charge is 0.308 e. The summed E-state index contributed by atoms with van der Waals surface area (Å²) in [5, 5.41) is 5.00. The summed E-state index contributed by atoms with van der Waals surface area (Å²) in [5.41, 5.74) is 13.3. The van der Waals surface area contributed by atoms with E-state index in [1.807, 2.05) is 30.9 Å². The fourth-order valence-corrected chi connectivity index (χ4v) is 7.20. The van der Waals surface area contributed by atoms with Gasteiger partial charge in [-0.15, -0.1) is 0 Å². The van der Waals surface area contributed by atoms with E-state index in [1.165, 1.54) is 66.1 Å². The summed E-state index contributed by atoms with van der Waals surface area (Å²) in [7, 11) is 0. The summed E-state index contributed by atoms with van der Waals surface area (Å²) in [5.74, 6) is 0. The Kier molecular flexibility index (Phi) is 5.82. The smallest absolute Gasteiger partial charge is 0.0645 e. The minimum atomic E-state index is 1.00. The van der Waals surface area contributed by atoms with E-state index in [0.717, 1.165) is 17.1 Å². The lowest BCUT2D eigenvalue weighted by atomic mass is 9.82. The highest BCUT2D eigenvalue weighted by atomic mass is 15.1. The monoisotopic (exact) mass is 573 g/mol. The van der Waals surface area contributed by atoms with Crippen LogP contribution in [0.3, 0.4) is 0 Å². The molecule has 9 rings (SSSR count). The van der Waals surface area contributed by atoms with Crippen molar-refractivity contribution in [3.8, 4) is 44.5 Å². The van der Waals surface area contributed by atoms with Gasteiger partial charge in [0.25, 0.3) is 0 Å². The molecule has 0 radical (unpaired) electrons. The summed E-state index contributed by atoms with van der Waals surface area (Å²) in [6.07, 6.45) is 7.43. The fraction of sp³-hybridized carbons (Fsp3) is 0. The number of fused-ring (bicyclic) bond motifs is 4. The minimum Gasteiger partial charge on any atom is -0.308 e. The number of nitrogens with zero attached hydrogens (tertiary/aromatic N) is 3. The van der Waals surface area contributed by atoms with Crippen LogP contribution >= 0.6 is 0 Å². The van der Waals surface area contributed by atoms with Crippen molar-refractivity contribution in [2.24, 2.45) is 0 Å². The molecule has 0 bridgehead atoms. The van der Waals surface area contributed by atoms with Crippen molar-refractivity contribution in [3.05, 3.63) is 164 Å². The van der Waals surface area contributed by atoms with Gasteiger partial charge in [0, 0.05) is 29.7 Å². The van der Waals surface area contributed by atoms with Crippen LogP contribution in [-0.4, -0.2) is 9.97 Å². The lowest BCUT2D eigenvalue weighted by molar-refractivity contribution is 1.22. The number of rotatable bonds is 5. The van der Waals surface area contributed by atoms with Gasteiger partial charge in [-0.2, -0.15) is 0 Å². The van der Waals surface area contributed by atoms with Crippen LogP contribution in [0.1, 0.15) is 0 Å². The second-order valence-electron chi connectivity index (χ2n) is 11.4. The Morgan fingerprint density at radius 3 is 1.60 bits per heavy atom. The molecule has 0 spiro atoms. The Bertz CT molecular complexity index is 2220. The second kappa shape index (κ2) is 10.3. The van der Waals surface area contributed by atoms with E-state index in [2.05, 4.69) is 148 Å². The number of aromatic nitrogens is 2. The lowest BCUT2D eigenvalue weighted by Crippen LogP contribution is -2.10. The van der Waals surface area contributed by atoms with Crippen LogP contribution in [0.2, 0.25) is 0 Å². The molecule has 1 aliphatic carbocycles. The van der Waals surface area contributed by atoms with Crippen molar-refractivity contribution in [2.45, 2.75) is 0 Å². The molecule has 3 nitrogen and oxygen atoms in total. The number of anilines is 3. The van der Waals surface area contributed by atoms with E-state index in [4.69, 9.17) is 0 Å². The van der Waals surface area contributed by atoms with Gasteiger partial charge in [-0.1, -0.05) is 109 Å². The number of hydrogen-bond donors (Lipinski definition) is 0. The molecule has 0 aliphatic heterocycles. The summed E-state index contributed by atoms with van der Waals surface area (Å²) in [4.78, 5) is 11.1. The zero-order valence-corrected chi connectivity index (χ0v) is 24.4. The van der Waals surface area contributed by atoms with Gasteiger partial charge in [0.2, 0.25) is 0 Å². The van der Waals surface area contributed by atoms with E-state index in [1.54, 1.807) is 0 Å². The van der Waals surface area contributed by atoms with Gasteiger partial charge in [0.05, 0.1) is 17.6 Å².